The third kappa shape index (κ3) is 3.10. The largest absolute Gasteiger partial charge is 0.225 e. The van der Waals surface area contributed by atoms with Gasteiger partial charge >= 0.3 is 0 Å². The number of aromatic nitrogens is 8. The van der Waals surface area contributed by atoms with Crippen LogP contribution in [-0.2, 0) is 24.8 Å². The topological polar surface area (TPSA) is 86.7 Å². The van der Waals surface area contributed by atoms with Crippen LogP contribution in [0.1, 0.15) is 82.0 Å². The van der Waals surface area contributed by atoms with E-state index in [4.69, 9.17) is 15.1 Å². The van der Waals surface area contributed by atoms with Gasteiger partial charge in [-0.1, -0.05) is 20.8 Å². The lowest BCUT2D eigenvalue weighted by Gasteiger charge is -2.61. The van der Waals surface area contributed by atoms with Crippen LogP contribution in [0.4, 0.5) is 0 Å². The molecule has 8 nitrogen and oxygen atoms in total. The van der Waals surface area contributed by atoms with E-state index < -0.39 is 0 Å². The van der Waals surface area contributed by atoms with Crippen LogP contribution in [0.2, 0.25) is 0 Å². The van der Waals surface area contributed by atoms with Gasteiger partial charge < -0.3 is 0 Å². The minimum atomic E-state index is 0.0323. The van der Waals surface area contributed by atoms with Gasteiger partial charge in [0.05, 0.1) is 10.9 Å². The van der Waals surface area contributed by atoms with Gasteiger partial charge in [0.25, 0.3) is 0 Å². The molecule has 4 saturated carbocycles. The highest BCUT2D eigenvalue weighted by Gasteiger charge is 2.59. The average Bonchev–Trinajstić information content (AvgIpc) is 3.54. The summed E-state index contributed by atoms with van der Waals surface area (Å²) < 4.78 is 1.95. The van der Waals surface area contributed by atoms with Gasteiger partial charge in [0, 0.05) is 11.3 Å². The second-order valence-corrected chi connectivity index (χ2v) is 14.7. The first-order valence-electron chi connectivity index (χ1n) is 13.7. The Balaban J connectivity index is 1.16. The first kappa shape index (κ1) is 21.6. The number of rotatable bonds is 3. The Labute approximate surface area is 214 Å². The smallest absolute Gasteiger partial charge is 0.167 e. The number of fused-ring (bicyclic) bond motifs is 5. The van der Waals surface area contributed by atoms with E-state index in [9.17, 15) is 0 Å². The summed E-state index contributed by atoms with van der Waals surface area (Å²) in [6.45, 7) is 7.14. The van der Waals surface area contributed by atoms with E-state index in [-0.39, 0.29) is 11.0 Å². The highest BCUT2D eigenvalue weighted by Crippen LogP contribution is 2.64. The van der Waals surface area contributed by atoms with Crippen molar-refractivity contribution in [2.24, 2.45) is 28.6 Å². The van der Waals surface area contributed by atoms with Gasteiger partial charge in [-0.3, -0.25) is 0 Å². The second-order valence-electron chi connectivity index (χ2n) is 13.6. The predicted molar refractivity (Wildman–Crippen MR) is 138 cm³/mol. The molecule has 0 spiro atoms. The molecule has 4 bridgehead atoms. The molecule has 0 N–H and O–H groups in total. The number of aryl methyl sites for hydroxylation is 1. The maximum absolute atomic E-state index is 5.22. The molecule has 0 saturated heterocycles. The van der Waals surface area contributed by atoms with Gasteiger partial charge in [0.15, 0.2) is 17.8 Å². The van der Waals surface area contributed by atoms with Crippen LogP contribution in [0, 0.1) is 28.6 Å². The zero-order valence-corrected chi connectivity index (χ0v) is 22.3. The van der Waals surface area contributed by atoms with E-state index in [1.807, 2.05) is 27.0 Å². The van der Waals surface area contributed by atoms with Crippen LogP contribution in [0.3, 0.4) is 0 Å². The van der Waals surface area contributed by atoms with Gasteiger partial charge in [-0.15, -0.1) is 26.6 Å². The van der Waals surface area contributed by atoms with Gasteiger partial charge in [-0.25, -0.2) is 14.5 Å². The molecular formula is C27H34N8S. The van der Waals surface area contributed by atoms with Gasteiger partial charge in [0.2, 0.25) is 0 Å². The van der Waals surface area contributed by atoms with Crippen LogP contribution in [0.5, 0.6) is 0 Å². The summed E-state index contributed by atoms with van der Waals surface area (Å²) in [7, 11) is 0. The summed E-state index contributed by atoms with van der Waals surface area (Å²) in [4.78, 5) is 14.7. The summed E-state index contributed by atoms with van der Waals surface area (Å²) in [5, 5.41) is 19.2. The quantitative estimate of drug-likeness (QED) is 0.391. The zero-order valence-electron chi connectivity index (χ0n) is 21.4. The van der Waals surface area contributed by atoms with Crippen LogP contribution in [-0.4, -0.2) is 39.8 Å². The summed E-state index contributed by atoms with van der Waals surface area (Å²) in [5.41, 5.74) is 3.11. The van der Waals surface area contributed by atoms with Gasteiger partial charge in [-0.2, -0.15) is 4.80 Å². The van der Waals surface area contributed by atoms with Crippen molar-refractivity contribution in [1.82, 2.24) is 39.8 Å². The Hall–Kier alpha value is -2.42. The van der Waals surface area contributed by atoms with E-state index in [1.165, 1.54) is 54.4 Å². The summed E-state index contributed by atoms with van der Waals surface area (Å²) in [6.07, 6.45) is 15.4. The number of tetrazole rings is 1. The van der Waals surface area contributed by atoms with E-state index in [0.29, 0.717) is 5.41 Å². The Morgan fingerprint density at radius 1 is 1.14 bits per heavy atom. The second kappa shape index (κ2) is 7.11. The van der Waals surface area contributed by atoms with Crippen molar-refractivity contribution < 1.29 is 0 Å². The predicted octanol–water partition coefficient (Wildman–Crippen LogP) is 5.01. The minimum Gasteiger partial charge on any atom is -0.225 e. The van der Waals surface area contributed by atoms with Crippen LogP contribution in [0.25, 0.3) is 15.9 Å². The van der Waals surface area contributed by atoms with Crippen molar-refractivity contribution in [2.45, 2.75) is 90.5 Å². The molecule has 3 atom stereocenters. The minimum absolute atomic E-state index is 0.0323. The highest BCUT2D eigenvalue weighted by atomic mass is 32.1. The maximum Gasteiger partial charge on any atom is 0.167 e. The fourth-order valence-electron chi connectivity index (χ4n) is 9.00. The van der Waals surface area contributed by atoms with E-state index in [0.717, 1.165) is 59.7 Å². The Morgan fingerprint density at radius 3 is 2.72 bits per heavy atom. The normalized spacial score (nSPS) is 33.6. The summed E-state index contributed by atoms with van der Waals surface area (Å²) in [5.74, 6) is 3.21. The number of hydrogen-bond acceptors (Lipinski definition) is 7. The number of thiophene rings is 1. The molecule has 9 heteroatoms. The van der Waals surface area contributed by atoms with E-state index in [1.54, 1.807) is 6.33 Å². The lowest BCUT2D eigenvalue weighted by Crippen LogP contribution is -2.57. The molecule has 4 aromatic heterocycles. The highest BCUT2D eigenvalue weighted by molar-refractivity contribution is 7.19. The molecule has 4 heterocycles. The SMILES string of the molecule is CC(C)(C)C1CCc2c(sc3ncn4nc(CC56CC7CC(C5)CC(n5ncnn5)(C7)C6)nc4c23)C1. The summed E-state index contributed by atoms with van der Waals surface area (Å²) in [6, 6.07) is 0. The molecule has 188 valence electrons. The molecule has 5 aliphatic rings. The third-order valence-corrected chi connectivity index (χ3v) is 11.3. The standard InChI is InChI=1S/C27H34N8S/c1-25(2,3)18-4-5-19-20(7-18)36-24-22(19)23-31-21(32-34(23)15-28-24)12-26-8-16-6-17(9-26)11-27(10-16,13-26)35-30-14-29-33-35/h14-18H,4-13H2,1-3H3. The molecule has 3 unspecified atom stereocenters. The number of nitrogens with zero attached hydrogens (tertiary/aromatic N) is 8. The monoisotopic (exact) mass is 502 g/mol. The molecule has 4 fully saturated rings. The zero-order chi connectivity index (χ0) is 24.3. The van der Waals surface area contributed by atoms with Gasteiger partial charge in [-0.05, 0) is 97.1 Å². The first-order valence-corrected chi connectivity index (χ1v) is 14.5. The lowest BCUT2D eigenvalue weighted by atomic mass is 9.46. The molecule has 9 rings (SSSR count). The first-order chi connectivity index (χ1) is 17.3. The molecule has 0 amide bonds. The molecule has 0 aliphatic heterocycles. The fraction of sp³-hybridized carbons (Fsp3) is 0.704. The van der Waals surface area contributed by atoms with Crippen molar-refractivity contribution in [1.29, 1.82) is 0 Å². The van der Waals surface area contributed by atoms with Crippen LogP contribution in [0.15, 0.2) is 12.7 Å². The van der Waals surface area contributed by atoms with E-state index in [2.05, 4.69) is 36.2 Å². The average molecular weight is 503 g/mol. The molecular weight excluding hydrogens is 468 g/mol. The fourth-order valence-corrected chi connectivity index (χ4v) is 10.3. The number of hydrogen-bond donors (Lipinski definition) is 0. The van der Waals surface area contributed by atoms with Crippen molar-refractivity contribution in [3.8, 4) is 0 Å². The maximum atomic E-state index is 5.22. The van der Waals surface area contributed by atoms with E-state index >= 15 is 0 Å². The molecule has 36 heavy (non-hydrogen) atoms. The molecule has 0 radical (unpaired) electrons. The van der Waals surface area contributed by atoms with Gasteiger partial charge in [0.1, 0.15) is 11.2 Å². The summed E-state index contributed by atoms with van der Waals surface area (Å²) >= 11 is 1.88. The Morgan fingerprint density at radius 2 is 1.97 bits per heavy atom. The van der Waals surface area contributed by atoms with Crippen LogP contribution < -0.4 is 0 Å². The third-order valence-electron chi connectivity index (χ3n) is 10.1. The Kier molecular flexibility index (Phi) is 4.28. The Bertz CT molecular complexity index is 1460. The van der Waals surface area contributed by atoms with Crippen molar-refractivity contribution in [3.05, 3.63) is 28.9 Å². The van der Waals surface area contributed by atoms with Crippen LogP contribution >= 0.6 is 11.3 Å². The van der Waals surface area contributed by atoms with Crippen molar-refractivity contribution >= 4 is 27.2 Å². The van der Waals surface area contributed by atoms with Crippen molar-refractivity contribution in [2.75, 3.05) is 0 Å². The molecule has 4 aromatic rings. The lowest BCUT2D eigenvalue weighted by molar-refractivity contribution is -0.112. The molecule has 0 aromatic carbocycles. The van der Waals surface area contributed by atoms with Crippen molar-refractivity contribution in [3.63, 3.8) is 0 Å². The molecule has 5 aliphatic carbocycles.